The minimum absolute atomic E-state index is 0.155. The minimum atomic E-state index is 0.155. The average molecular weight is 261 g/mol. The summed E-state index contributed by atoms with van der Waals surface area (Å²) in [6.07, 6.45) is 0. The minimum Gasteiger partial charge on any atom is -0.364 e. The summed E-state index contributed by atoms with van der Waals surface area (Å²) in [7, 11) is 0. The molecule has 0 radical (unpaired) electrons. The molecule has 2 heterocycles. The van der Waals surface area contributed by atoms with E-state index in [9.17, 15) is 0 Å². The van der Waals surface area contributed by atoms with Gasteiger partial charge in [0.25, 0.3) is 0 Å². The molecule has 0 spiro atoms. The number of hydrogen-bond acceptors (Lipinski definition) is 3. The first-order valence-electron chi connectivity index (χ1n) is 7.26. The maximum atomic E-state index is 4.63. The SMILES string of the molecule is Cc1ccc(N2CC(C)(C)NCC2C(C)C)c(C)n1. The van der Waals surface area contributed by atoms with E-state index in [4.69, 9.17) is 0 Å². The van der Waals surface area contributed by atoms with Crippen LogP contribution in [0.1, 0.15) is 39.1 Å². The highest BCUT2D eigenvalue weighted by Crippen LogP contribution is 2.28. The number of piperazine rings is 1. The van der Waals surface area contributed by atoms with Gasteiger partial charge in [-0.3, -0.25) is 4.98 Å². The van der Waals surface area contributed by atoms with Crippen molar-refractivity contribution in [2.75, 3.05) is 18.0 Å². The van der Waals surface area contributed by atoms with E-state index in [1.165, 1.54) is 5.69 Å². The molecule has 0 amide bonds. The maximum Gasteiger partial charge on any atom is 0.0609 e. The van der Waals surface area contributed by atoms with Crippen LogP contribution >= 0.6 is 0 Å². The van der Waals surface area contributed by atoms with E-state index in [-0.39, 0.29) is 5.54 Å². The third-order valence-electron chi connectivity index (χ3n) is 4.03. The predicted octanol–water partition coefficient (Wildman–Crippen LogP) is 2.91. The first kappa shape index (κ1) is 14.3. The standard InChI is InChI=1S/C16H27N3/c1-11(2)15-9-17-16(5,6)10-19(15)14-8-7-12(3)18-13(14)4/h7-8,11,15,17H,9-10H2,1-6H3. The molecule has 0 aliphatic carbocycles. The Bertz CT molecular complexity index is 451. The molecule has 0 saturated carbocycles. The fourth-order valence-electron chi connectivity index (χ4n) is 2.93. The molecule has 1 fully saturated rings. The summed E-state index contributed by atoms with van der Waals surface area (Å²) in [5, 5.41) is 3.66. The zero-order valence-corrected chi connectivity index (χ0v) is 13.1. The Morgan fingerprint density at radius 2 is 2.00 bits per heavy atom. The van der Waals surface area contributed by atoms with Gasteiger partial charge >= 0.3 is 0 Å². The molecule has 1 atom stereocenters. The highest BCUT2D eigenvalue weighted by Gasteiger charge is 2.34. The van der Waals surface area contributed by atoms with Crippen LogP contribution in [-0.2, 0) is 0 Å². The van der Waals surface area contributed by atoms with Gasteiger partial charge in [-0.2, -0.15) is 0 Å². The van der Waals surface area contributed by atoms with Crippen LogP contribution < -0.4 is 10.2 Å². The van der Waals surface area contributed by atoms with Crippen LogP contribution in [0.5, 0.6) is 0 Å². The van der Waals surface area contributed by atoms with Crippen molar-refractivity contribution in [2.45, 2.75) is 53.1 Å². The van der Waals surface area contributed by atoms with Gasteiger partial charge in [0.15, 0.2) is 0 Å². The largest absolute Gasteiger partial charge is 0.364 e. The van der Waals surface area contributed by atoms with E-state index >= 15 is 0 Å². The summed E-state index contributed by atoms with van der Waals surface area (Å²) >= 11 is 0. The van der Waals surface area contributed by atoms with Gasteiger partial charge in [-0.1, -0.05) is 13.8 Å². The third-order valence-corrected chi connectivity index (χ3v) is 4.03. The Labute approximate surface area is 117 Å². The number of anilines is 1. The van der Waals surface area contributed by atoms with Crippen LogP contribution in [0.25, 0.3) is 0 Å². The number of nitrogens with zero attached hydrogens (tertiary/aromatic N) is 2. The van der Waals surface area contributed by atoms with Crippen molar-refractivity contribution >= 4 is 5.69 Å². The van der Waals surface area contributed by atoms with Crippen molar-refractivity contribution in [3.8, 4) is 0 Å². The lowest BCUT2D eigenvalue weighted by atomic mass is 9.92. The van der Waals surface area contributed by atoms with E-state index in [2.05, 4.69) is 68.9 Å². The quantitative estimate of drug-likeness (QED) is 0.887. The number of aryl methyl sites for hydroxylation is 2. The molecule has 1 aliphatic heterocycles. The first-order chi connectivity index (χ1) is 8.80. The molecule has 1 aromatic rings. The topological polar surface area (TPSA) is 28.2 Å². The summed E-state index contributed by atoms with van der Waals surface area (Å²) in [6, 6.07) is 4.89. The summed E-state index contributed by atoms with van der Waals surface area (Å²) in [5.41, 5.74) is 3.68. The second kappa shape index (κ2) is 5.12. The Kier molecular flexibility index (Phi) is 3.86. The number of aromatic nitrogens is 1. The second-order valence-corrected chi connectivity index (χ2v) is 6.76. The van der Waals surface area contributed by atoms with Crippen molar-refractivity contribution in [3.63, 3.8) is 0 Å². The number of hydrogen-bond donors (Lipinski definition) is 1. The molecule has 1 unspecified atom stereocenters. The van der Waals surface area contributed by atoms with Crippen LogP contribution in [0.15, 0.2) is 12.1 Å². The van der Waals surface area contributed by atoms with Gasteiger partial charge in [0.1, 0.15) is 0 Å². The molecular formula is C16H27N3. The lowest BCUT2D eigenvalue weighted by Gasteiger charge is -2.47. The highest BCUT2D eigenvalue weighted by molar-refractivity contribution is 5.53. The van der Waals surface area contributed by atoms with Crippen LogP contribution in [-0.4, -0.2) is 29.7 Å². The second-order valence-electron chi connectivity index (χ2n) is 6.76. The zero-order valence-electron chi connectivity index (χ0n) is 13.1. The fourth-order valence-corrected chi connectivity index (χ4v) is 2.93. The van der Waals surface area contributed by atoms with Crippen molar-refractivity contribution in [1.29, 1.82) is 0 Å². The lowest BCUT2D eigenvalue weighted by Crippen LogP contribution is -2.63. The Morgan fingerprint density at radius 3 is 2.58 bits per heavy atom. The van der Waals surface area contributed by atoms with Crippen molar-refractivity contribution < 1.29 is 0 Å². The Morgan fingerprint density at radius 1 is 1.32 bits per heavy atom. The van der Waals surface area contributed by atoms with Crippen molar-refractivity contribution in [1.82, 2.24) is 10.3 Å². The monoisotopic (exact) mass is 261 g/mol. The number of rotatable bonds is 2. The van der Waals surface area contributed by atoms with Gasteiger partial charge in [-0.05, 0) is 45.7 Å². The summed E-state index contributed by atoms with van der Waals surface area (Å²) in [4.78, 5) is 7.17. The summed E-state index contributed by atoms with van der Waals surface area (Å²) < 4.78 is 0. The van der Waals surface area contributed by atoms with E-state index in [1.807, 2.05) is 0 Å². The molecule has 0 bridgehead atoms. The zero-order chi connectivity index (χ0) is 14.2. The predicted molar refractivity (Wildman–Crippen MR) is 81.8 cm³/mol. The molecule has 1 aromatic heterocycles. The molecule has 106 valence electrons. The van der Waals surface area contributed by atoms with Gasteiger partial charge in [0.2, 0.25) is 0 Å². The molecule has 0 aromatic carbocycles. The lowest BCUT2D eigenvalue weighted by molar-refractivity contribution is 0.277. The van der Waals surface area contributed by atoms with Crippen LogP contribution in [0.2, 0.25) is 0 Å². The molecule has 19 heavy (non-hydrogen) atoms. The van der Waals surface area contributed by atoms with Gasteiger partial charge in [-0.25, -0.2) is 0 Å². The molecule has 1 aliphatic rings. The molecule has 1 saturated heterocycles. The number of pyridine rings is 1. The normalized spacial score (nSPS) is 22.9. The molecule has 3 heteroatoms. The molecule has 3 nitrogen and oxygen atoms in total. The highest BCUT2D eigenvalue weighted by atomic mass is 15.3. The third kappa shape index (κ3) is 3.08. The first-order valence-corrected chi connectivity index (χ1v) is 7.26. The Balaban J connectivity index is 2.36. The smallest absolute Gasteiger partial charge is 0.0609 e. The Hall–Kier alpha value is -1.09. The van der Waals surface area contributed by atoms with Crippen molar-refractivity contribution in [3.05, 3.63) is 23.5 Å². The van der Waals surface area contributed by atoms with Gasteiger partial charge in [0, 0.05) is 30.4 Å². The van der Waals surface area contributed by atoms with Crippen LogP contribution in [0, 0.1) is 19.8 Å². The summed E-state index contributed by atoms with van der Waals surface area (Å²) in [5.74, 6) is 0.629. The maximum absolute atomic E-state index is 4.63. The van der Waals surface area contributed by atoms with E-state index in [1.54, 1.807) is 0 Å². The van der Waals surface area contributed by atoms with Crippen LogP contribution in [0.3, 0.4) is 0 Å². The van der Waals surface area contributed by atoms with Crippen LogP contribution in [0.4, 0.5) is 5.69 Å². The molecule has 1 N–H and O–H groups in total. The van der Waals surface area contributed by atoms with E-state index in [0.717, 1.165) is 24.5 Å². The van der Waals surface area contributed by atoms with Crippen molar-refractivity contribution in [2.24, 2.45) is 5.92 Å². The van der Waals surface area contributed by atoms with E-state index in [0.29, 0.717) is 12.0 Å². The molecule has 2 rings (SSSR count). The number of nitrogens with one attached hydrogen (secondary N) is 1. The van der Waals surface area contributed by atoms with E-state index < -0.39 is 0 Å². The average Bonchev–Trinajstić information content (AvgIpc) is 2.27. The van der Waals surface area contributed by atoms with Gasteiger partial charge in [0.05, 0.1) is 11.4 Å². The molecular weight excluding hydrogens is 234 g/mol. The fraction of sp³-hybridized carbons (Fsp3) is 0.688. The summed E-state index contributed by atoms with van der Waals surface area (Å²) in [6.45, 7) is 15.4. The van der Waals surface area contributed by atoms with Gasteiger partial charge in [-0.15, -0.1) is 0 Å². The van der Waals surface area contributed by atoms with Gasteiger partial charge < -0.3 is 10.2 Å².